The third-order valence-corrected chi connectivity index (χ3v) is 6.24. The predicted molar refractivity (Wildman–Crippen MR) is 122 cm³/mol. The van der Waals surface area contributed by atoms with E-state index in [9.17, 15) is 4.79 Å². The minimum absolute atomic E-state index is 0. The van der Waals surface area contributed by atoms with Gasteiger partial charge in [0.1, 0.15) is 0 Å². The minimum atomic E-state index is -0.873. The second-order valence-electron chi connectivity index (χ2n) is 7.96. The zero-order valence-corrected chi connectivity index (χ0v) is 18.6. The average Bonchev–Trinajstić information content (AvgIpc) is 2.74. The second kappa shape index (κ2) is 11.1. The largest absolute Gasteiger partial charge is 0.363 e. The lowest BCUT2D eigenvalue weighted by molar-refractivity contribution is -0.140. The molecule has 2 N–H and O–H groups in total. The zero-order valence-electron chi connectivity index (χ0n) is 17.8. The van der Waals surface area contributed by atoms with Gasteiger partial charge in [-0.25, -0.2) is 0 Å². The van der Waals surface area contributed by atoms with Crippen LogP contribution in [-0.4, -0.2) is 43.7 Å². The van der Waals surface area contributed by atoms with E-state index >= 15 is 0 Å². The molecule has 1 aromatic rings. The number of Topliss-reactive ketones (excluding diaryl/α,β-unsaturated/α-hetero) is 1. The number of ketones is 1. The molecule has 0 heterocycles. The highest BCUT2D eigenvalue weighted by Crippen LogP contribution is 2.35. The number of rotatable bonds is 8. The van der Waals surface area contributed by atoms with Crippen LogP contribution in [0.1, 0.15) is 45.1 Å². The Labute approximate surface area is 181 Å². The van der Waals surface area contributed by atoms with Gasteiger partial charge in [0.05, 0.1) is 0 Å². The maximum absolute atomic E-state index is 12.7. The fraction of sp³-hybridized carbons (Fsp3) is 0.542. The molecule has 3 rings (SSSR count). The van der Waals surface area contributed by atoms with Gasteiger partial charge < -0.3 is 15.4 Å². The summed E-state index contributed by atoms with van der Waals surface area (Å²) in [6.07, 6.45) is 11.0. The van der Waals surface area contributed by atoms with Crippen molar-refractivity contribution in [2.75, 3.05) is 20.2 Å². The molecule has 0 amide bonds. The molecule has 0 bridgehead atoms. The van der Waals surface area contributed by atoms with E-state index in [1.165, 1.54) is 31.2 Å². The van der Waals surface area contributed by atoms with E-state index in [-0.39, 0.29) is 24.1 Å². The van der Waals surface area contributed by atoms with Crippen LogP contribution in [0.3, 0.4) is 0 Å². The number of ether oxygens (including phenoxy) is 1. The molecule has 4 nitrogen and oxygen atoms in total. The molecule has 0 spiro atoms. The molecular weight excluding hydrogens is 384 g/mol. The first kappa shape index (κ1) is 23.8. The van der Waals surface area contributed by atoms with Gasteiger partial charge in [-0.2, -0.15) is 0 Å². The van der Waals surface area contributed by atoms with Gasteiger partial charge in [0.2, 0.25) is 0 Å². The van der Waals surface area contributed by atoms with Crippen LogP contribution in [0.4, 0.5) is 0 Å². The van der Waals surface area contributed by atoms with Crippen LogP contribution in [0.25, 0.3) is 5.57 Å². The van der Waals surface area contributed by atoms with Crippen molar-refractivity contribution < 1.29 is 9.53 Å². The topological polar surface area (TPSA) is 50.4 Å². The number of halogens is 1. The van der Waals surface area contributed by atoms with E-state index in [1.807, 2.05) is 44.3 Å². The molecule has 2 atom stereocenters. The van der Waals surface area contributed by atoms with Gasteiger partial charge in [0.15, 0.2) is 11.4 Å². The molecule has 0 aliphatic heterocycles. The molecule has 5 heteroatoms. The molecule has 2 aliphatic rings. The number of allylic oxidation sites excluding steroid dienone is 2. The maximum Gasteiger partial charge on any atom is 0.166 e. The lowest BCUT2D eigenvalue weighted by Crippen LogP contribution is -2.51. The van der Waals surface area contributed by atoms with Crippen LogP contribution in [0.15, 0.2) is 48.6 Å². The van der Waals surface area contributed by atoms with Gasteiger partial charge in [0, 0.05) is 31.2 Å². The smallest absolute Gasteiger partial charge is 0.166 e. The van der Waals surface area contributed by atoms with Gasteiger partial charge >= 0.3 is 0 Å². The monoisotopic (exact) mass is 418 g/mol. The van der Waals surface area contributed by atoms with Crippen molar-refractivity contribution >= 4 is 23.8 Å². The molecular formula is C24H35ClN2O2. The standard InChI is InChI=1S/C24H34N2O2.ClH/c1-4-28-24(18(2)27)15-14-20(19-8-6-5-7-9-19)16-21(24)17-26-23-12-10-22(25-3)11-13-23;/h5-9,14-16,21-23,25-26H,4,10-13,17H2,1-3H3;1H. The molecule has 1 saturated carbocycles. The van der Waals surface area contributed by atoms with Gasteiger partial charge in [0.25, 0.3) is 0 Å². The summed E-state index contributed by atoms with van der Waals surface area (Å²) in [5.41, 5.74) is 1.46. The third kappa shape index (κ3) is 5.58. The Hall–Kier alpha value is -1.46. The number of carbonyl (C=O) groups is 1. The Morgan fingerprint density at radius 1 is 1.14 bits per heavy atom. The summed E-state index contributed by atoms with van der Waals surface area (Å²) < 4.78 is 6.07. The molecule has 1 fully saturated rings. The van der Waals surface area contributed by atoms with Crippen LogP contribution >= 0.6 is 12.4 Å². The molecule has 0 saturated heterocycles. The van der Waals surface area contributed by atoms with Crippen molar-refractivity contribution in [2.45, 2.75) is 57.2 Å². The van der Waals surface area contributed by atoms with Gasteiger partial charge in [-0.3, -0.25) is 4.79 Å². The van der Waals surface area contributed by atoms with Crippen molar-refractivity contribution in [3.8, 4) is 0 Å². The van der Waals surface area contributed by atoms with Crippen LogP contribution in [0.5, 0.6) is 0 Å². The highest BCUT2D eigenvalue weighted by Gasteiger charge is 2.43. The Morgan fingerprint density at radius 2 is 1.79 bits per heavy atom. The number of nitrogens with one attached hydrogen (secondary N) is 2. The quantitative estimate of drug-likeness (QED) is 0.665. The predicted octanol–water partition coefficient (Wildman–Crippen LogP) is 4.16. The van der Waals surface area contributed by atoms with Crippen molar-refractivity contribution in [3.63, 3.8) is 0 Å². The third-order valence-electron chi connectivity index (χ3n) is 6.24. The first-order valence-electron chi connectivity index (χ1n) is 10.6. The number of hydrogen-bond donors (Lipinski definition) is 2. The van der Waals surface area contributed by atoms with Crippen molar-refractivity contribution in [3.05, 3.63) is 54.1 Å². The molecule has 0 radical (unpaired) electrons. The van der Waals surface area contributed by atoms with Crippen LogP contribution in [0.2, 0.25) is 0 Å². The zero-order chi connectivity index (χ0) is 20.0. The van der Waals surface area contributed by atoms with Gasteiger partial charge in [-0.1, -0.05) is 42.5 Å². The van der Waals surface area contributed by atoms with E-state index in [4.69, 9.17) is 4.74 Å². The summed E-state index contributed by atoms with van der Waals surface area (Å²) in [5.74, 6) is 0.0480. The summed E-state index contributed by atoms with van der Waals surface area (Å²) >= 11 is 0. The number of hydrogen-bond acceptors (Lipinski definition) is 4. The molecule has 29 heavy (non-hydrogen) atoms. The fourth-order valence-corrected chi connectivity index (χ4v) is 4.52. The Kier molecular flexibility index (Phi) is 9.09. The maximum atomic E-state index is 12.7. The summed E-state index contributed by atoms with van der Waals surface area (Å²) in [7, 11) is 2.05. The van der Waals surface area contributed by atoms with E-state index in [2.05, 4.69) is 28.8 Å². The first-order valence-corrected chi connectivity index (χ1v) is 10.6. The van der Waals surface area contributed by atoms with Gasteiger partial charge in [-0.15, -0.1) is 12.4 Å². The summed E-state index contributed by atoms with van der Waals surface area (Å²) in [4.78, 5) is 12.7. The molecule has 2 aliphatic carbocycles. The Bertz CT molecular complexity index is 711. The van der Waals surface area contributed by atoms with Crippen LogP contribution < -0.4 is 10.6 Å². The molecule has 0 aromatic heterocycles. The summed E-state index contributed by atoms with van der Waals surface area (Å²) in [6.45, 7) is 4.86. The van der Waals surface area contributed by atoms with E-state index < -0.39 is 5.60 Å². The molecule has 1 aromatic carbocycles. The number of benzene rings is 1. The van der Waals surface area contributed by atoms with Crippen molar-refractivity contribution in [1.29, 1.82) is 0 Å². The van der Waals surface area contributed by atoms with Crippen molar-refractivity contribution in [2.24, 2.45) is 5.92 Å². The Morgan fingerprint density at radius 3 is 2.38 bits per heavy atom. The summed E-state index contributed by atoms with van der Waals surface area (Å²) in [5, 5.41) is 7.13. The SMILES string of the molecule is CCOC1(C(C)=O)C=CC(c2ccccc2)=CC1CNC1CCC(NC)CC1.Cl. The normalized spacial score (nSPS) is 29.1. The molecule has 160 valence electrons. The molecule has 2 unspecified atom stereocenters. The van der Waals surface area contributed by atoms with E-state index in [0.717, 1.165) is 12.1 Å². The minimum Gasteiger partial charge on any atom is -0.363 e. The average molecular weight is 419 g/mol. The lowest BCUT2D eigenvalue weighted by atomic mass is 9.77. The van der Waals surface area contributed by atoms with Crippen LogP contribution in [-0.2, 0) is 9.53 Å². The van der Waals surface area contributed by atoms with Crippen molar-refractivity contribution in [1.82, 2.24) is 10.6 Å². The highest BCUT2D eigenvalue weighted by atomic mass is 35.5. The van der Waals surface area contributed by atoms with Gasteiger partial charge in [-0.05, 0) is 63.8 Å². The highest BCUT2D eigenvalue weighted by molar-refractivity contribution is 5.91. The second-order valence-corrected chi connectivity index (χ2v) is 7.96. The Balaban J connectivity index is 0.00000300. The van der Waals surface area contributed by atoms with E-state index in [1.54, 1.807) is 6.92 Å². The number of carbonyl (C=O) groups excluding carboxylic acids is 1. The first-order chi connectivity index (χ1) is 13.6. The summed E-state index contributed by atoms with van der Waals surface area (Å²) in [6, 6.07) is 11.5. The lowest BCUT2D eigenvalue weighted by Gasteiger charge is -2.39. The van der Waals surface area contributed by atoms with E-state index in [0.29, 0.717) is 18.7 Å². The fourth-order valence-electron chi connectivity index (χ4n) is 4.52. The van der Waals surface area contributed by atoms with Crippen LogP contribution in [0, 0.1) is 5.92 Å².